The average molecular weight is 224 g/mol. The van der Waals surface area contributed by atoms with Crippen molar-refractivity contribution in [1.29, 1.82) is 0 Å². The number of hydrogen-bond donors (Lipinski definition) is 1. The van der Waals surface area contributed by atoms with Crippen molar-refractivity contribution in [3.8, 4) is 0 Å². The molecule has 0 spiro atoms. The van der Waals surface area contributed by atoms with E-state index in [1.807, 2.05) is 0 Å². The highest BCUT2D eigenvalue weighted by atomic mass is 15.2. The van der Waals surface area contributed by atoms with Gasteiger partial charge in [-0.2, -0.15) is 0 Å². The molecule has 1 aliphatic heterocycles. The van der Waals surface area contributed by atoms with E-state index in [-0.39, 0.29) is 0 Å². The Labute approximate surface area is 101 Å². The second kappa shape index (κ2) is 5.50. The molecule has 0 bridgehead atoms. The van der Waals surface area contributed by atoms with E-state index < -0.39 is 0 Å². The molecule has 1 saturated carbocycles. The molecule has 2 fully saturated rings. The van der Waals surface area contributed by atoms with Crippen LogP contribution in [0.4, 0.5) is 0 Å². The maximum Gasteiger partial charge on any atom is 0.0116 e. The Kier molecular flexibility index (Phi) is 4.26. The van der Waals surface area contributed by atoms with Gasteiger partial charge in [-0.15, -0.1) is 0 Å². The molecule has 1 saturated heterocycles. The van der Waals surface area contributed by atoms with Crippen LogP contribution in [0.5, 0.6) is 0 Å². The minimum atomic E-state index is 0.768. The molecule has 0 radical (unpaired) electrons. The molecule has 0 amide bonds. The third kappa shape index (κ3) is 2.43. The minimum absolute atomic E-state index is 0.768. The first-order valence-corrected chi connectivity index (χ1v) is 7.21. The summed E-state index contributed by atoms with van der Waals surface area (Å²) in [7, 11) is 2.12. The lowest BCUT2D eigenvalue weighted by atomic mass is 9.89. The fourth-order valence-corrected chi connectivity index (χ4v) is 3.86. The number of likely N-dealkylation sites (tertiary alicyclic amines) is 1. The summed E-state index contributed by atoms with van der Waals surface area (Å²) in [5.41, 5.74) is 0. The van der Waals surface area contributed by atoms with Crippen LogP contribution in [0, 0.1) is 0 Å². The molecule has 2 heteroatoms. The quantitative estimate of drug-likeness (QED) is 0.793. The zero-order valence-corrected chi connectivity index (χ0v) is 11.2. The summed E-state index contributed by atoms with van der Waals surface area (Å²) >= 11 is 0. The molecule has 1 aliphatic carbocycles. The van der Waals surface area contributed by atoms with Gasteiger partial charge >= 0.3 is 0 Å². The minimum Gasteiger partial charge on any atom is -0.317 e. The first kappa shape index (κ1) is 12.4. The molecule has 1 heterocycles. The van der Waals surface area contributed by atoms with Gasteiger partial charge in [-0.05, 0) is 52.5 Å². The summed E-state index contributed by atoms with van der Waals surface area (Å²) in [4.78, 5) is 2.85. The third-order valence-corrected chi connectivity index (χ3v) is 4.80. The second-order valence-corrected chi connectivity index (χ2v) is 5.74. The summed E-state index contributed by atoms with van der Waals surface area (Å²) in [6, 6.07) is 3.32. The average Bonchev–Trinajstić information content (AvgIpc) is 2.70. The van der Waals surface area contributed by atoms with Crippen molar-refractivity contribution in [1.82, 2.24) is 10.2 Å². The molecular formula is C14H28N2. The van der Waals surface area contributed by atoms with Crippen LogP contribution in [-0.2, 0) is 0 Å². The molecule has 0 aromatic heterocycles. The first-order valence-electron chi connectivity index (χ1n) is 7.21. The Bertz CT molecular complexity index is 217. The molecule has 2 aliphatic rings. The highest BCUT2D eigenvalue weighted by molar-refractivity contribution is 4.92. The van der Waals surface area contributed by atoms with E-state index in [2.05, 4.69) is 31.1 Å². The number of nitrogens with one attached hydrogen (secondary N) is 1. The fraction of sp³-hybridized carbons (Fsp3) is 1.00. The predicted octanol–water partition coefficient (Wildman–Crippen LogP) is 2.78. The number of hydrogen-bond acceptors (Lipinski definition) is 2. The van der Waals surface area contributed by atoms with Crippen molar-refractivity contribution < 1.29 is 0 Å². The van der Waals surface area contributed by atoms with Gasteiger partial charge in [-0.25, -0.2) is 0 Å². The molecule has 4 atom stereocenters. The van der Waals surface area contributed by atoms with Crippen LogP contribution < -0.4 is 5.32 Å². The SMILES string of the molecule is CCC1CCC(C)N1C1CCCC(NC)C1. The van der Waals surface area contributed by atoms with Gasteiger partial charge in [-0.3, -0.25) is 4.90 Å². The number of rotatable bonds is 3. The van der Waals surface area contributed by atoms with Crippen LogP contribution in [-0.4, -0.2) is 36.1 Å². The van der Waals surface area contributed by atoms with Gasteiger partial charge < -0.3 is 5.32 Å². The van der Waals surface area contributed by atoms with Crippen molar-refractivity contribution in [2.45, 2.75) is 83.0 Å². The maximum absolute atomic E-state index is 3.48. The molecule has 0 aromatic rings. The lowest BCUT2D eigenvalue weighted by Gasteiger charge is -2.40. The van der Waals surface area contributed by atoms with E-state index in [1.165, 1.54) is 44.9 Å². The highest BCUT2D eigenvalue weighted by Crippen LogP contribution is 2.34. The topological polar surface area (TPSA) is 15.3 Å². The largest absolute Gasteiger partial charge is 0.317 e. The molecule has 4 unspecified atom stereocenters. The van der Waals surface area contributed by atoms with E-state index >= 15 is 0 Å². The molecule has 94 valence electrons. The summed E-state index contributed by atoms with van der Waals surface area (Å²) < 4.78 is 0. The van der Waals surface area contributed by atoms with Crippen molar-refractivity contribution in [2.24, 2.45) is 0 Å². The van der Waals surface area contributed by atoms with E-state index in [4.69, 9.17) is 0 Å². The summed E-state index contributed by atoms with van der Waals surface area (Å²) in [6.45, 7) is 4.78. The van der Waals surface area contributed by atoms with E-state index in [0.29, 0.717) is 0 Å². The lowest BCUT2D eigenvalue weighted by Crippen LogP contribution is -2.48. The summed E-state index contributed by atoms with van der Waals surface area (Å²) in [5.74, 6) is 0. The first-order chi connectivity index (χ1) is 7.76. The van der Waals surface area contributed by atoms with Gasteiger partial charge in [-0.1, -0.05) is 13.3 Å². The molecular weight excluding hydrogens is 196 g/mol. The Balaban J connectivity index is 1.99. The van der Waals surface area contributed by atoms with Gasteiger partial charge in [0.15, 0.2) is 0 Å². The van der Waals surface area contributed by atoms with Crippen molar-refractivity contribution >= 4 is 0 Å². The zero-order chi connectivity index (χ0) is 11.5. The summed E-state index contributed by atoms with van der Waals surface area (Å²) in [6.07, 6.45) is 9.78. The number of nitrogens with zero attached hydrogens (tertiary/aromatic N) is 1. The standard InChI is InChI=1S/C14H28N2/c1-4-13-9-8-11(2)16(13)14-7-5-6-12(10-14)15-3/h11-15H,4-10H2,1-3H3. The van der Waals surface area contributed by atoms with Crippen LogP contribution in [0.2, 0.25) is 0 Å². The van der Waals surface area contributed by atoms with Crippen LogP contribution in [0.1, 0.15) is 58.8 Å². The maximum atomic E-state index is 3.48. The van der Waals surface area contributed by atoms with Crippen molar-refractivity contribution in [3.05, 3.63) is 0 Å². The smallest absolute Gasteiger partial charge is 0.0116 e. The molecule has 1 N–H and O–H groups in total. The summed E-state index contributed by atoms with van der Waals surface area (Å²) in [5, 5.41) is 3.48. The van der Waals surface area contributed by atoms with Crippen LogP contribution in [0.15, 0.2) is 0 Å². The molecule has 16 heavy (non-hydrogen) atoms. The van der Waals surface area contributed by atoms with E-state index in [9.17, 15) is 0 Å². The fourth-order valence-electron chi connectivity index (χ4n) is 3.86. The monoisotopic (exact) mass is 224 g/mol. The Morgan fingerprint density at radius 3 is 2.69 bits per heavy atom. The van der Waals surface area contributed by atoms with Crippen LogP contribution >= 0.6 is 0 Å². The Hall–Kier alpha value is -0.0800. The highest BCUT2D eigenvalue weighted by Gasteiger charge is 2.36. The predicted molar refractivity (Wildman–Crippen MR) is 69.7 cm³/mol. The molecule has 2 rings (SSSR count). The second-order valence-electron chi connectivity index (χ2n) is 5.74. The van der Waals surface area contributed by atoms with Gasteiger partial charge in [0.1, 0.15) is 0 Å². The Morgan fingerprint density at radius 2 is 2.00 bits per heavy atom. The van der Waals surface area contributed by atoms with Crippen LogP contribution in [0.25, 0.3) is 0 Å². The normalized spacial score (nSPS) is 41.4. The van der Waals surface area contributed by atoms with Gasteiger partial charge in [0.05, 0.1) is 0 Å². The van der Waals surface area contributed by atoms with Gasteiger partial charge in [0.25, 0.3) is 0 Å². The van der Waals surface area contributed by atoms with Gasteiger partial charge in [0, 0.05) is 24.2 Å². The lowest BCUT2D eigenvalue weighted by molar-refractivity contribution is 0.0932. The van der Waals surface area contributed by atoms with Gasteiger partial charge in [0.2, 0.25) is 0 Å². The van der Waals surface area contributed by atoms with Crippen LogP contribution in [0.3, 0.4) is 0 Å². The van der Waals surface area contributed by atoms with E-state index in [0.717, 1.165) is 24.2 Å². The van der Waals surface area contributed by atoms with Crippen molar-refractivity contribution in [2.75, 3.05) is 7.05 Å². The van der Waals surface area contributed by atoms with E-state index in [1.54, 1.807) is 0 Å². The third-order valence-electron chi connectivity index (χ3n) is 4.80. The zero-order valence-electron chi connectivity index (χ0n) is 11.2. The molecule has 0 aromatic carbocycles. The Morgan fingerprint density at radius 1 is 1.19 bits per heavy atom. The molecule has 2 nitrogen and oxygen atoms in total. The van der Waals surface area contributed by atoms with Crippen molar-refractivity contribution in [3.63, 3.8) is 0 Å².